The maximum Gasteiger partial charge on any atom is 0.119 e. The van der Waals surface area contributed by atoms with Crippen molar-refractivity contribution in [3.63, 3.8) is 0 Å². The van der Waals surface area contributed by atoms with Crippen molar-refractivity contribution in [1.82, 2.24) is 0 Å². The summed E-state index contributed by atoms with van der Waals surface area (Å²) in [5, 5.41) is 9.95. The van der Waals surface area contributed by atoms with Crippen molar-refractivity contribution in [2.24, 2.45) is 5.41 Å². The molecule has 0 aromatic heterocycles. The molecule has 1 aliphatic carbocycles. The lowest BCUT2D eigenvalue weighted by Gasteiger charge is -2.52. The number of ether oxygens (including phenoxy) is 2. The summed E-state index contributed by atoms with van der Waals surface area (Å²) in [6.07, 6.45) is 2.66. The zero-order valence-electron chi connectivity index (χ0n) is 11.8. The fourth-order valence-electron chi connectivity index (χ4n) is 3.00. The van der Waals surface area contributed by atoms with Crippen LogP contribution in [0, 0.1) is 5.41 Å². The molecule has 1 aromatic rings. The molecule has 2 atom stereocenters. The Morgan fingerprint density at radius 2 is 1.84 bits per heavy atom. The van der Waals surface area contributed by atoms with E-state index in [4.69, 9.17) is 9.47 Å². The molecule has 1 saturated carbocycles. The van der Waals surface area contributed by atoms with Gasteiger partial charge < -0.3 is 14.6 Å². The Labute approximate surface area is 115 Å². The van der Waals surface area contributed by atoms with Crippen LogP contribution < -0.4 is 4.74 Å². The molecule has 19 heavy (non-hydrogen) atoms. The van der Waals surface area contributed by atoms with E-state index in [1.165, 1.54) is 0 Å². The molecule has 0 spiro atoms. The topological polar surface area (TPSA) is 38.7 Å². The summed E-state index contributed by atoms with van der Waals surface area (Å²) in [4.78, 5) is 0. The molecule has 0 saturated heterocycles. The lowest BCUT2D eigenvalue weighted by molar-refractivity contribution is -0.197. The average Bonchev–Trinajstić information content (AvgIpc) is 2.45. The first-order chi connectivity index (χ1) is 9.23. The van der Waals surface area contributed by atoms with Crippen LogP contribution in [0.4, 0.5) is 0 Å². The Kier molecular flexibility index (Phi) is 4.83. The van der Waals surface area contributed by atoms with Gasteiger partial charge in [-0.1, -0.05) is 32.0 Å². The Balaban J connectivity index is 1.72. The van der Waals surface area contributed by atoms with E-state index in [0.29, 0.717) is 13.2 Å². The molecule has 0 bridgehead atoms. The Hall–Kier alpha value is -1.06. The van der Waals surface area contributed by atoms with Gasteiger partial charge >= 0.3 is 0 Å². The first kappa shape index (κ1) is 14.4. The highest BCUT2D eigenvalue weighted by Crippen LogP contribution is 2.48. The van der Waals surface area contributed by atoms with Crippen LogP contribution in [0.15, 0.2) is 30.3 Å². The van der Waals surface area contributed by atoms with Crippen molar-refractivity contribution in [3.05, 3.63) is 30.3 Å². The van der Waals surface area contributed by atoms with Crippen LogP contribution in [0.3, 0.4) is 0 Å². The van der Waals surface area contributed by atoms with Gasteiger partial charge in [-0.3, -0.25) is 0 Å². The first-order valence-electron chi connectivity index (χ1n) is 7.20. The maximum absolute atomic E-state index is 9.95. The minimum Gasteiger partial charge on any atom is -0.491 e. The number of para-hydroxylation sites is 1. The van der Waals surface area contributed by atoms with Crippen LogP contribution in [-0.2, 0) is 4.74 Å². The van der Waals surface area contributed by atoms with Gasteiger partial charge in [-0.25, -0.2) is 0 Å². The second-order valence-electron chi connectivity index (χ2n) is 5.21. The molecule has 1 aliphatic rings. The fourth-order valence-corrected chi connectivity index (χ4v) is 3.00. The van der Waals surface area contributed by atoms with Crippen molar-refractivity contribution >= 4 is 0 Å². The Morgan fingerprint density at radius 1 is 1.16 bits per heavy atom. The van der Waals surface area contributed by atoms with Crippen LogP contribution >= 0.6 is 0 Å². The molecule has 106 valence electrons. The molecular weight excluding hydrogens is 240 g/mol. The lowest BCUT2D eigenvalue weighted by atomic mass is 9.60. The standard InChI is InChI=1S/C16H24O3/c1-3-16(4-2)14(17)12-15(16)19-11-10-18-13-8-6-5-7-9-13/h5-9,14-15,17H,3-4,10-12H2,1-2H3. The molecule has 1 fully saturated rings. The monoisotopic (exact) mass is 264 g/mol. The summed E-state index contributed by atoms with van der Waals surface area (Å²) >= 11 is 0. The van der Waals surface area contributed by atoms with Crippen LogP contribution in [0.1, 0.15) is 33.1 Å². The third kappa shape index (κ3) is 2.93. The average molecular weight is 264 g/mol. The van der Waals surface area contributed by atoms with Crippen molar-refractivity contribution < 1.29 is 14.6 Å². The largest absolute Gasteiger partial charge is 0.491 e. The second kappa shape index (κ2) is 6.40. The summed E-state index contributed by atoms with van der Waals surface area (Å²) in [6, 6.07) is 9.76. The number of aliphatic hydroxyl groups excluding tert-OH is 1. The third-order valence-corrected chi connectivity index (χ3v) is 4.47. The Morgan fingerprint density at radius 3 is 2.42 bits per heavy atom. The van der Waals surface area contributed by atoms with Crippen molar-refractivity contribution in [3.8, 4) is 5.75 Å². The quantitative estimate of drug-likeness (QED) is 0.769. The van der Waals surface area contributed by atoms with Crippen LogP contribution in [-0.4, -0.2) is 30.5 Å². The van der Waals surface area contributed by atoms with Gasteiger partial charge in [-0.05, 0) is 25.0 Å². The molecule has 0 heterocycles. The van der Waals surface area contributed by atoms with Gasteiger partial charge in [-0.2, -0.15) is 0 Å². The van der Waals surface area contributed by atoms with Crippen LogP contribution in [0.2, 0.25) is 0 Å². The molecule has 2 rings (SSSR count). The molecule has 0 aliphatic heterocycles. The third-order valence-electron chi connectivity index (χ3n) is 4.47. The highest BCUT2D eigenvalue weighted by Gasteiger charge is 2.52. The number of aliphatic hydroxyl groups is 1. The highest BCUT2D eigenvalue weighted by molar-refractivity contribution is 5.20. The number of hydrogen-bond donors (Lipinski definition) is 1. The second-order valence-corrected chi connectivity index (χ2v) is 5.21. The highest BCUT2D eigenvalue weighted by atomic mass is 16.5. The van der Waals surface area contributed by atoms with E-state index in [1.54, 1.807) is 0 Å². The van der Waals surface area contributed by atoms with E-state index in [0.717, 1.165) is 25.0 Å². The molecule has 1 aromatic carbocycles. The van der Waals surface area contributed by atoms with E-state index >= 15 is 0 Å². The zero-order valence-corrected chi connectivity index (χ0v) is 11.8. The number of hydrogen-bond acceptors (Lipinski definition) is 3. The van der Waals surface area contributed by atoms with Crippen LogP contribution in [0.5, 0.6) is 5.75 Å². The first-order valence-corrected chi connectivity index (χ1v) is 7.20. The van der Waals surface area contributed by atoms with E-state index in [1.807, 2.05) is 30.3 Å². The van der Waals surface area contributed by atoms with Gasteiger partial charge in [0.1, 0.15) is 12.4 Å². The predicted molar refractivity (Wildman–Crippen MR) is 75.3 cm³/mol. The van der Waals surface area contributed by atoms with Gasteiger partial charge in [0, 0.05) is 11.8 Å². The summed E-state index contributed by atoms with van der Waals surface area (Å²) in [5.41, 5.74) is -0.0350. The summed E-state index contributed by atoms with van der Waals surface area (Å²) in [5.74, 6) is 0.872. The molecule has 3 nitrogen and oxygen atoms in total. The molecule has 0 amide bonds. The molecule has 2 unspecified atom stereocenters. The van der Waals surface area contributed by atoms with E-state index in [9.17, 15) is 5.11 Å². The molecular formula is C16H24O3. The van der Waals surface area contributed by atoms with Gasteiger partial charge in [0.25, 0.3) is 0 Å². The molecule has 1 N–H and O–H groups in total. The minimum absolute atomic E-state index is 0.0350. The summed E-state index contributed by atoms with van der Waals surface area (Å²) in [7, 11) is 0. The number of benzene rings is 1. The van der Waals surface area contributed by atoms with Gasteiger partial charge in [-0.15, -0.1) is 0 Å². The summed E-state index contributed by atoms with van der Waals surface area (Å²) in [6.45, 7) is 5.39. The normalized spacial score (nSPS) is 24.8. The summed E-state index contributed by atoms with van der Waals surface area (Å²) < 4.78 is 11.5. The van der Waals surface area contributed by atoms with Crippen LogP contribution in [0.25, 0.3) is 0 Å². The molecule has 0 radical (unpaired) electrons. The minimum atomic E-state index is -0.206. The van der Waals surface area contributed by atoms with Crippen molar-refractivity contribution in [2.75, 3.05) is 13.2 Å². The van der Waals surface area contributed by atoms with Gasteiger partial charge in [0.15, 0.2) is 0 Å². The fraction of sp³-hybridized carbons (Fsp3) is 0.625. The smallest absolute Gasteiger partial charge is 0.119 e. The Bertz CT molecular complexity index is 373. The SMILES string of the molecule is CCC1(CC)C(O)CC1OCCOc1ccccc1. The maximum atomic E-state index is 9.95. The lowest BCUT2D eigenvalue weighted by Crippen LogP contribution is -2.57. The van der Waals surface area contributed by atoms with Gasteiger partial charge in [0.2, 0.25) is 0 Å². The van der Waals surface area contributed by atoms with E-state index in [2.05, 4.69) is 13.8 Å². The molecule has 3 heteroatoms. The van der Waals surface area contributed by atoms with E-state index < -0.39 is 0 Å². The zero-order chi connectivity index (χ0) is 13.7. The number of rotatable bonds is 7. The predicted octanol–water partition coefficient (Wildman–Crippen LogP) is 3.02. The van der Waals surface area contributed by atoms with Crippen molar-refractivity contribution in [2.45, 2.75) is 45.3 Å². The van der Waals surface area contributed by atoms with Crippen molar-refractivity contribution in [1.29, 1.82) is 0 Å². The van der Waals surface area contributed by atoms with E-state index in [-0.39, 0.29) is 17.6 Å². The van der Waals surface area contributed by atoms with Gasteiger partial charge in [0.05, 0.1) is 18.8 Å².